The van der Waals surface area contributed by atoms with E-state index in [1.165, 1.54) is 0 Å². The first-order valence-corrected chi connectivity index (χ1v) is 13.1. The highest BCUT2D eigenvalue weighted by atomic mass is 32.2. The molecule has 0 spiro atoms. The topological polar surface area (TPSA) is 52.6 Å². The van der Waals surface area contributed by atoms with E-state index in [1.807, 2.05) is 0 Å². The van der Waals surface area contributed by atoms with Crippen LogP contribution in [0.15, 0.2) is 35.2 Å². The molecule has 0 radical (unpaired) electrons. The summed E-state index contributed by atoms with van der Waals surface area (Å²) < 4.78 is 34.1. The standard InChI is InChI=1S/C21H36O4SSi/c1-16(2)27(17(3)4,18(5)6)25-15-9-8-10-21(24-7)19-11-13-20(14-12-19)26(22)23/h10-14,16-18,26H,8-9,15H2,1-7H3/b21-10+. The van der Waals surface area contributed by atoms with Gasteiger partial charge in [-0.05, 0) is 59.8 Å². The van der Waals surface area contributed by atoms with Crippen molar-refractivity contribution in [2.24, 2.45) is 0 Å². The molecule has 0 bridgehead atoms. The van der Waals surface area contributed by atoms with Crippen molar-refractivity contribution in [2.75, 3.05) is 13.7 Å². The van der Waals surface area contributed by atoms with E-state index >= 15 is 0 Å². The highest BCUT2D eigenvalue weighted by Gasteiger charge is 2.44. The van der Waals surface area contributed by atoms with E-state index in [9.17, 15) is 8.42 Å². The van der Waals surface area contributed by atoms with E-state index in [0.29, 0.717) is 21.5 Å². The molecule has 0 atom stereocenters. The summed E-state index contributed by atoms with van der Waals surface area (Å²) in [6, 6.07) is 6.76. The first kappa shape index (κ1) is 23.9. The van der Waals surface area contributed by atoms with Crippen molar-refractivity contribution in [2.45, 2.75) is 75.9 Å². The molecule has 1 aromatic carbocycles. The van der Waals surface area contributed by atoms with E-state index in [1.54, 1.807) is 31.4 Å². The van der Waals surface area contributed by atoms with Crippen molar-refractivity contribution >= 4 is 24.8 Å². The second kappa shape index (κ2) is 11.0. The average molecular weight is 413 g/mol. The van der Waals surface area contributed by atoms with Gasteiger partial charge in [-0.2, -0.15) is 0 Å². The van der Waals surface area contributed by atoms with Gasteiger partial charge < -0.3 is 9.16 Å². The molecule has 27 heavy (non-hydrogen) atoms. The van der Waals surface area contributed by atoms with Gasteiger partial charge in [0.2, 0.25) is 0 Å². The fourth-order valence-electron chi connectivity index (χ4n) is 4.13. The lowest BCUT2D eigenvalue weighted by molar-refractivity contribution is 0.273. The second-order valence-electron chi connectivity index (χ2n) is 7.88. The van der Waals surface area contributed by atoms with Crippen molar-refractivity contribution in [3.8, 4) is 0 Å². The number of methoxy groups -OCH3 is 1. The first-order chi connectivity index (χ1) is 12.7. The van der Waals surface area contributed by atoms with Gasteiger partial charge in [0.15, 0.2) is 19.0 Å². The second-order valence-corrected chi connectivity index (χ2v) is 14.4. The molecule has 0 unspecified atom stereocenters. The summed E-state index contributed by atoms with van der Waals surface area (Å²) in [6.45, 7) is 14.6. The maximum Gasteiger partial charge on any atom is 0.200 e. The van der Waals surface area contributed by atoms with Crippen LogP contribution in [0.4, 0.5) is 0 Å². The lowest BCUT2D eigenvalue weighted by atomic mass is 10.1. The Morgan fingerprint density at radius 2 is 1.52 bits per heavy atom. The summed E-state index contributed by atoms with van der Waals surface area (Å²) in [4.78, 5) is 0.315. The number of allylic oxidation sites excluding steroid dienone is 1. The third kappa shape index (κ3) is 6.19. The SMILES string of the molecule is CO/C(=C/CCCO[Si](C(C)C)(C(C)C)C(C)C)c1ccc([SH](=O)=O)cc1. The molecular formula is C21H36O4SSi. The van der Waals surface area contributed by atoms with Crippen LogP contribution in [0.5, 0.6) is 0 Å². The fourth-order valence-corrected chi connectivity index (χ4v) is 10.0. The first-order valence-electron chi connectivity index (χ1n) is 9.79. The van der Waals surface area contributed by atoms with Crippen LogP contribution in [0, 0.1) is 0 Å². The largest absolute Gasteiger partial charge is 0.496 e. The van der Waals surface area contributed by atoms with Crippen molar-refractivity contribution in [3.63, 3.8) is 0 Å². The zero-order valence-electron chi connectivity index (χ0n) is 17.8. The summed E-state index contributed by atoms with van der Waals surface area (Å²) in [5.41, 5.74) is 2.66. The Morgan fingerprint density at radius 1 is 1.00 bits per heavy atom. The van der Waals surface area contributed by atoms with Crippen molar-refractivity contribution in [3.05, 3.63) is 35.9 Å². The molecule has 0 heterocycles. The lowest BCUT2D eigenvalue weighted by Crippen LogP contribution is -2.47. The minimum atomic E-state index is -2.55. The van der Waals surface area contributed by atoms with Gasteiger partial charge in [-0.15, -0.1) is 0 Å². The van der Waals surface area contributed by atoms with Gasteiger partial charge in [-0.25, -0.2) is 8.42 Å². The van der Waals surface area contributed by atoms with Gasteiger partial charge in [-0.1, -0.05) is 41.5 Å². The van der Waals surface area contributed by atoms with E-state index in [0.717, 1.165) is 30.8 Å². The molecule has 0 aromatic heterocycles. The number of hydrogen-bond donors (Lipinski definition) is 1. The van der Waals surface area contributed by atoms with Crippen LogP contribution >= 0.6 is 0 Å². The van der Waals surface area contributed by atoms with E-state index in [-0.39, 0.29) is 0 Å². The molecule has 0 aliphatic heterocycles. The molecule has 0 saturated heterocycles. The average Bonchev–Trinajstić information content (AvgIpc) is 2.60. The zero-order chi connectivity index (χ0) is 20.6. The normalized spacial score (nSPS) is 13.2. The van der Waals surface area contributed by atoms with E-state index in [2.05, 4.69) is 47.6 Å². The summed E-state index contributed by atoms with van der Waals surface area (Å²) in [7, 11) is -2.71. The van der Waals surface area contributed by atoms with E-state index in [4.69, 9.17) is 9.16 Å². The Morgan fingerprint density at radius 3 is 1.93 bits per heavy atom. The third-order valence-electron chi connectivity index (χ3n) is 5.32. The van der Waals surface area contributed by atoms with Crippen LogP contribution in [0.25, 0.3) is 5.76 Å². The molecule has 6 heteroatoms. The number of rotatable bonds is 11. The molecule has 154 valence electrons. The van der Waals surface area contributed by atoms with Crippen LogP contribution < -0.4 is 0 Å². The highest BCUT2D eigenvalue weighted by Crippen LogP contribution is 2.42. The van der Waals surface area contributed by atoms with Gasteiger partial charge in [0.1, 0.15) is 5.76 Å². The molecule has 0 saturated carbocycles. The van der Waals surface area contributed by atoms with Gasteiger partial charge in [0, 0.05) is 12.2 Å². The summed E-state index contributed by atoms with van der Waals surface area (Å²) >= 11 is 0. The Labute approximate surface area is 168 Å². The summed E-state index contributed by atoms with van der Waals surface area (Å²) in [5.74, 6) is 0.766. The van der Waals surface area contributed by atoms with Gasteiger partial charge in [0.25, 0.3) is 0 Å². The molecule has 0 amide bonds. The number of hydrogen-bond acceptors (Lipinski definition) is 4. The zero-order valence-corrected chi connectivity index (χ0v) is 19.7. The predicted molar refractivity (Wildman–Crippen MR) is 116 cm³/mol. The van der Waals surface area contributed by atoms with E-state index < -0.39 is 19.0 Å². The highest BCUT2D eigenvalue weighted by molar-refractivity contribution is 7.72. The molecule has 1 aromatic rings. The number of ether oxygens (including phenoxy) is 1. The summed E-state index contributed by atoms with van der Waals surface area (Å²) in [6.07, 6.45) is 3.86. The molecular weight excluding hydrogens is 376 g/mol. The maximum absolute atomic E-state index is 11.0. The Balaban J connectivity index is 2.71. The quantitative estimate of drug-likeness (QED) is 0.222. The molecule has 4 nitrogen and oxygen atoms in total. The van der Waals surface area contributed by atoms with Crippen LogP contribution in [0.2, 0.25) is 16.6 Å². The fraction of sp³-hybridized carbons (Fsp3) is 0.619. The number of unbranched alkanes of at least 4 members (excludes halogenated alkanes) is 1. The minimum absolute atomic E-state index is 0.315. The monoisotopic (exact) mass is 412 g/mol. The molecule has 1 rings (SSSR count). The minimum Gasteiger partial charge on any atom is -0.496 e. The van der Waals surface area contributed by atoms with Crippen LogP contribution in [0.3, 0.4) is 0 Å². The lowest BCUT2D eigenvalue weighted by Gasteiger charge is -2.42. The van der Waals surface area contributed by atoms with Crippen LogP contribution in [0.1, 0.15) is 59.9 Å². The summed E-state index contributed by atoms with van der Waals surface area (Å²) in [5, 5.41) is 0. The molecule has 0 aliphatic rings. The van der Waals surface area contributed by atoms with Gasteiger partial charge in [-0.3, -0.25) is 0 Å². The smallest absolute Gasteiger partial charge is 0.200 e. The van der Waals surface area contributed by atoms with Crippen LogP contribution in [-0.4, -0.2) is 30.5 Å². The Kier molecular flexibility index (Phi) is 9.77. The maximum atomic E-state index is 11.0. The number of benzene rings is 1. The molecule has 0 N–H and O–H groups in total. The van der Waals surface area contributed by atoms with Crippen LogP contribution in [-0.2, 0) is 19.9 Å². The van der Waals surface area contributed by atoms with Gasteiger partial charge >= 0.3 is 0 Å². The Bertz CT molecular complexity index is 646. The van der Waals surface area contributed by atoms with Crippen molar-refractivity contribution in [1.82, 2.24) is 0 Å². The number of thiol groups is 1. The predicted octanol–water partition coefficient (Wildman–Crippen LogP) is 5.62. The third-order valence-corrected chi connectivity index (χ3v) is 12.2. The molecule has 0 aliphatic carbocycles. The van der Waals surface area contributed by atoms with Gasteiger partial charge in [0.05, 0.1) is 12.0 Å². The molecule has 0 fully saturated rings. The Hall–Kier alpha value is -1.11. The van der Waals surface area contributed by atoms with Crippen molar-refractivity contribution < 1.29 is 17.6 Å². The van der Waals surface area contributed by atoms with Crippen molar-refractivity contribution in [1.29, 1.82) is 0 Å².